The summed E-state index contributed by atoms with van der Waals surface area (Å²) in [5, 5.41) is 8.23. The van der Waals surface area contributed by atoms with Gasteiger partial charge in [-0.2, -0.15) is 18.4 Å². The van der Waals surface area contributed by atoms with Gasteiger partial charge in [0.25, 0.3) is 0 Å². The van der Waals surface area contributed by atoms with E-state index in [2.05, 4.69) is 0 Å². The molecular weight excluding hydrogens is 191 g/mol. The van der Waals surface area contributed by atoms with Crippen molar-refractivity contribution >= 4 is 5.57 Å². The zero-order chi connectivity index (χ0) is 10.6. The summed E-state index contributed by atoms with van der Waals surface area (Å²) in [5.41, 5.74) is -0.915. The monoisotopic (exact) mass is 197 g/mol. The zero-order valence-corrected chi connectivity index (χ0v) is 7.05. The van der Waals surface area contributed by atoms with Gasteiger partial charge in [-0.05, 0) is 5.56 Å². The second-order valence-corrected chi connectivity index (χ2v) is 2.55. The molecule has 4 heteroatoms. The number of benzene rings is 1. The van der Waals surface area contributed by atoms with E-state index in [0.717, 1.165) is 0 Å². The third kappa shape index (κ3) is 2.36. The van der Waals surface area contributed by atoms with Crippen molar-refractivity contribution in [3.8, 4) is 6.07 Å². The van der Waals surface area contributed by atoms with Gasteiger partial charge < -0.3 is 0 Å². The van der Waals surface area contributed by atoms with Gasteiger partial charge in [0.15, 0.2) is 0 Å². The Balaban J connectivity index is 3.17. The summed E-state index contributed by atoms with van der Waals surface area (Å²) in [7, 11) is 0. The second kappa shape index (κ2) is 3.97. The van der Waals surface area contributed by atoms with Crippen molar-refractivity contribution in [1.29, 1.82) is 5.26 Å². The van der Waals surface area contributed by atoms with Gasteiger partial charge in [0, 0.05) is 6.08 Å². The normalized spacial score (nSPS) is 12.3. The van der Waals surface area contributed by atoms with E-state index in [1.807, 2.05) is 0 Å². The van der Waals surface area contributed by atoms with Gasteiger partial charge in [0.2, 0.25) is 0 Å². The number of rotatable bonds is 1. The molecule has 0 saturated carbocycles. The first kappa shape index (κ1) is 10.3. The third-order valence-corrected chi connectivity index (χ3v) is 1.60. The van der Waals surface area contributed by atoms with E-state index in [1.54, 1.807) is 6.07 Å². The Bertz CT molecular complexity index is 371. The van der Waals surface area contributed by atoms with Crippen molar-refractivity contribution in [2.75, 3.05) is 0 Å². The lowest BCUT2D eigenvalue weighted by Crippen LogP contribution is -2.10. The van der Waals surface area contributed by atoms with Crippen LogP contribution in [0.15, 0.2) is 36.4 Å². The van der Waals surface area contributed by atoms with Crippen LogP contribution in [0, 0.1) is 11.3 Å². The maximum Gasteiger partial charge on any atom is 0.417 e. The summed E-state index contributed by atoms with van der Waals surface area (Å²) in [6.07, 6.45) is -3.98. The van der Waals surface area contributed by atoms with Gasteiger partial charge in [0.05, 0.1) is 11.6 Å². The number of halogens is 3. The standard InChI is InChI=1S/C10H6F3N/c11-10(12,13)9(6-7-14)8-4-2-1-3-5-8/h1-6H/b9-6+. The van der Waals surface area contributed by atoms with Crippen LogP contribution in [0.4, 0.5) is 13.2 Å². The highest BCUT2D eigenvalue weighted by molar-refractivity contribution is 5.71. The Kier molecular flexibility index (Phi) is 2.92. The fourth-order valence-electron chi connectivity index (χ4n) is 1.01. The molecule has 72 valence electrons. The van der Waals surface area contributed by atoms with E-state index in [4.69, 9.17) is 5.26 Å². The van der Waals surface area contributed by atoms with Gasteiger partial charge in [-0.1, -0.05) is 30.3 Å². The molecule has 0 bridgehead atoms. The Labute approximate surface area is 79.1 Å². The zero-order valence-electron chi connectivity index (χ0n) is 7.05. The molecule has 1 aromatic rings. The maximum atomic E-state index is 12.4. The first-order valence-corrected chi connectivity index (χ1v) is 3.78. The van der Waals surface area contributed by atoms with Crippen LogP contribution in [0.1, 0.15) is 5.56 Å². The minimum Gasteiger partial charge on any atom is -0.193 e. The molecule has 0 aromatic heterocycles. The number of hydrogen-bond acceptors (Lipinski definition) is 1. The molecule has 0 spiro atoms. The molecule has 0 fully saturated rings. The lowest BCUT2D eigenvalue weighted by molar-refractivity contribution is -0.0688. The summed E-state index contributed by atoms with van der Waals surface area (Å²) in [6, 6.07) is 8.62. The molecule has 0 atom stereocenters. The van der Waals surface area contributed by atoms with Crippen molar-refractivity contribution in [2.45, 2.75) is 6.18 Å². The maximum absolute atomic E-state index is 12.4. The highest BCUT2D eigenvalue weighted by Crippen LogP contribution is 2.33. The van der Waals surface area contributed by atoms with Crippen LogP contribution in [-0.2, 0) is 0 Å². The molecule has 1 aromatic carbocycles. The van der Waals surface area contributed by atoms with E-state index >= 15 is 0 Å². The van der Waals surface area contributed by atoms with Gasteiger partial charge in [-0.3, -0.25) is 0 Å². The lowest BCUT2D eigenvalue weighted by Gasteiger charge is -2.09. The van der Waals surface area contributed by atoms with Crippen molar-refractivity contribution in [1.82, 2.24) is 0 Å². The van der Waals surface area contributed by atoms with E-state index in [1.165, 1.54) is 30.3 Å². The molecule has 1 nitrogen and oxygen atoms in total. The molecule has 0 N–H and O–H groups in total. The molecule has 0 aliphatic carbocycles. The minimum absolute atomic E-state index is 0.00144. The lowest BCUT2D eigenvalue weighted by atomic mass is 10.1. The van der Waals surface area contributed by atoms with Crippen LogP contribution in [0.3, 0.4) is 0 Å². The molecule has 0 heterocycles. The van der Waals surface area contributed by atoms with Crippen LogP contribution in [0.25, 0.3) is 5.57 Å². The fourth-order valence-corrected chi connectivity index (χ4v) is 1.01. The molecule has 0 amide bonds. The van der Waals surface area contributed by atoms with E-state index in [-0.39, 0.29) is 5.56 Å². The Morgan fingerprint density at radius 3 is 2.21 bits per heavy atom. The number of nitriles is 1. The van der Waals surface area contributed by atoms with Crippen molar-refractivity contribution < 1.29 is 13.2 Å². The first-order valence-electron chi connectivity index (χ1n) is 3.78. The van der Waals surface area contributed by atoms with Gasteiger partial charge in [-0.25, -0.2) is 0 Å². The summed E-state index contributed by atoms with van der Waals surface area (Å²) in [4.78, 5) is 0. The summed E-state index contributed by atoms with van der Waals surface area (Å²) >= 11 is 0. The summed E-state index contributed by atoms with van der Waals surface area (Å²) in [5.74, 6) is 0. The predicted molar refractivity (Wildman–Crippen MR) is 46.1 cm³/mol. The second-order valence-electron chi connectivity index (χ2n) is 2.55. The summed E-state index contributed by atoms with van der Waals surface area (Å²) in [6.45, 7) is 0. The minimum atomic E-state index is -4.49. The average molecular weight is 197 g/mol. The highest BCUT2D eigenvalue weighted by Gasteiger charge is 2.34. The average Bonchev–Trinajstić information content (AvgIpc) is 2.14. The SMILES string of the molecule is N#C/C=C(\c1ccccc1)C(F)(F)F. The first-order chi connectivity index (χ1) is 6.55. The van der Waals surface area contributed by atoms with Crippen molar-refractivity contribution in [2.24, 2.45) is 0 Å². The quantitative estimate of drug-likeness (QED) is 0.634. The predicted octanol–water partition coefficient (Wildman–Crippen LogP) is 3.16. The van der Waals surface area contributed by atoms with Crippen LogP contribution in [0.2, 0.25) is 0 Å². The van der Waals surface area contributed by atoms with Gasteiger partial charge in [0.1, 0.15) is 0 Å². The number of nitrogens with zero attached hydrogens (tertiary/aromatic N) is 1. The van der Waals surface area contributed by atoms with E-state index in [9.17, 15) is 13.2 Å². The van der Waals surface area contributed by atoms with Crippen LogP contribution in [-0.4, -0.2) is 6.18 Å². The largest absolute Gasteiger partial charge is 0.417 e. The number of alkyl halides is 3. The van der Waals surface area contributed by atoms with Crippen molar-refractivity contribution in [3.05, 3.63) is 42.0 Å². The Hall–Kier alpha value is -1.76. The molecule has 0 aliphatic heterocycles. The van der Waals surface area contributed by atoms with Gasteiger partial charge in [-0.15, -0.1) is 0 Å². The molecule has 0 saturated heterocycles. The number of allylic oxidation sites excluding steroid dienone is 2. The van der Waals surface area contributed by atoms with E-state index < -0.39 is 11.7 Å². The molecule has 1 rings (SSSR count). The van der Waals surface area contributed by atoms with E-state index in [0.29, 0.717) is 6.08 Å². The smallest absolute Gasteiger partial charge is 0.193 e. The molecule has 14 heavy (non-hydrogen) atoms. The summed E-state index contributed by atoms with van der Waals surface area (Å²) < 4.78 is 37.1. The number of hydrogen-bond donors (Lipinski definition) is 0. The van der Waals surface area contributed by atoms with Crippen LogP contribution in [0.5, 0.6) is 0 Å². The fraction of sp³-hybridized carbons (Fsp3) is 0.100. The molecular formula is C10H6F3N. The van der Waals surface area contributed by atoms with Crippen molar-refractivity contribution in [3.63, 3.8) is 0 Å². The van der Waals surface area contributed by atoms with Gasteiger partial charge >= 0.3 is 6.18 Å². The van der Waals surface area contributed by atoms with Crippen LogP contribution >= 0.6 is 0 Å². The van der Waals surface area contributed by atoms with Crippen LogP contribution < -0.4 is 0 Å². The Morgan fingerprint density at radius 1 is 1.21 bits per heavy atom. The molecule has 0 radical (unpaired) electrons. The third-order valence-electron chi connectivity index (χ3n) is 1.60. The molecule has 0 unspecified atom stereocenters. The topological polar surface area (TPSA) is 23.8 Å². The Morgan fingerprint density at radius 2 is 1.79 bits per heavy atom. The highest BCUT2D eigenvalue weighted by atomic mass is 19.4. The molecule has 0 aliphatic rings.